The van der Waals surface area contributed by atoms with Gasteiger partial charge in [0.25, 0.3) is 0 Å². The second kappa shape index (κ2) is 4.92. The molecule has 2 aromatic rings. The van der Waals surface area contributed by atoms with Crippen molar-refractivity contribution < 1.29 is 9.90 Å². The Morgan fingerprint density at radius 3 is 3.18 bits per heavy atom. The first-order valence-electron chi connectivity index (χ1n) is 4.92. The number of aliphatic carboxylic acids is 1. The summed E-state index contributed by atoms with van der Waals surface area (Å²) in [7, 11) is 0. The number of fused-ring (bicyclic) bond motifs is 1. The number of hydrogen-bond acceptors (Lipinski definition) is 4. The van der Waals surface area contributed by atoms with Crippen LogP contribution in [0.25, 0.3) is 11.0 Å². The summed E-state index contributed by atoms with van der Waals surface area (Å²) in [6.45, 7) is 0. The fourth-order valence-corrected chi connectivity index (χ4v) is 2.04. The smallest absolute Gasteiger partial charge is 0.328 e. The molecule has 0 radical (unpaired) electrons. The van der Waals surface area contributed by atoms with Gasteiger partial charge in [0.2, 0.25) is 0 Å². The van der Waals surface area contributed by atoms with E-state index in [0.29, 0.717) is 11.4 Å². The lowest BCUT2D eigenvalue weighted by Crippen LogP contribution is -1.86. The highest BCUT2D eigenvalue weighted by molar-refractivity contribution is 7.99. The van der Waals surface area contributed by atoms with Gasteiger partial charge in [-0.15, -0.1) is 0 Å². The maximum atomic E-state index is 10.3. The number of benzene rings is 1. The number of nitrogens with zero attached hydrogens (tertiary/aromatic N) is 1. The van der Waals surface area contributed by atoms with Crippen LogP contribution in [-0.4, -0.2) is 26.8 Å². The van der Waals surface area contributed by atoms with E-state index in [4.69, 9.17) is 10.8 Å². The Balaban J connectivity index is 2.07. The zero-order valence-corrected chi connectivity index (χ0v) is 9.70. The standard InChI is InChI=1S/C11H11N3O2S/c12-7-3-4-8-9(6-7)14-11(13-8)17-5-1-2-10(15)16/h1-4,6H,5,12H2,(H,13,14)(H,15,16)/b2-1+. The molecule has 0 spiro atoms. The molecule has 0 aliphatic carbocycles. The number of nitrogen functional groups attached to an aromatic ring is 1. The molecule has 1 aromatic heterocycles. The highest BCUT2D eigenvalue weighted by atomic mass is 32.2. The summed E-state index contributed by atoms with van der Waals surface area (Å²) >= 11 is 1.44. The van der Waals surface area contributed by atoms with Gasteiger partial charge in [0.05, 0.1) is 11.0 Å². The predicted octanol–water partition coefficient (Wildman–Crippen LogP) is 1.88. The second-order valence-electron chi connectivity index (χ2n) is 3.37. The number of H-pyrrole nitrogens is 1. The quantitative estimate of drug-likeness (QED) is 0.437. The van der Waals surface area contributed by atoms with E-state index < -0.39 is 5.97 Å². The molecule has 0 aliphatic heterocycles. The first-order valence-corrected chi connectivity index (χ1v) is 5.91. The molecule has 4 N–H and O–H groups in total. The number of carboxylic acids is 1. The first kappa shape index (κ1) is 11.5. The number of nitrogens with one attached hydrogen (secondary N) is 1. The number of carbonyl (C=O) groups is 1. The van der Waals surface area contributed by atoms with Gasteiger partial charge in [-0.2, -0.15) is 0 Å². The average molecular weight is 249 g/mol. The molecular weight excluding hydrogens is 238 g/mol. The van der Waals surface area contributed by atoms with Gasteiger partial charge in [-0.3, -0.25) is 0 Å². The molecule has 2 rings (SSSR count). The summed E-state index contributed by atoms with van der Waals surface area (Å²) in [6, 6.07) is 5.46. The molecule has 0 unspecified atom stereocenters. The van der Waals surface area contributed by atoms with Gasteiger partial charge in [0.1, 0.15) is 0 Å². The van der Waals surface area contributed by atoms with Crippen molar-refractivity contribution in [2.24, 2.45) is 0 Å². The lowest BCUT2D eigenvalue weighted by atomic mass is 10.3. The van der Waals surface area contributed by atoms with Gasteiger partial charge in [-0.25, -0.2) is 9.78 Å². The highest BCUT2D eigenvalue weighted by Crippen LogP contribution is 2.20. The fraction of sp³-hybridized carbons (Fsp3) is 0.0909. The van der Waals surface area contributed by atoms with Crippen molar-refractivity contribution >= 4 is 34.5 Å². The molecule has 1 aromatic carbocycles. The number of anilines is 1. The Kier molecular flexibility index (Phi) is 3.34. The van der Waals surface area contributed by atoms with Crippen molar-refractivity contribution in [1.29, 1.82) is 0 Å². The minimum absolute atomic E-state index is 0.557. The predicted molar refractivity (Wildman–Crippen MR) is 68.0 cm³/mol. The molecule has 17 heavy (non-hydrogen) atoms. The van der Waals surface area contributed by atoms with Crippen LogP contribution in [0.4, 0.5) is 5.69 Å². The lowest BCUT2D eigenvalue weighted by molar-refractivity contribution is -0.131. The number of rotatable bonds is 4. The van der Waals surface area contributed by atoms with E-state index in [2.05, 4.69) is 9.97 Å². The van der Waals surface area contributed by atoms with E-state index in [1.807, 2.05) is 12.1 Å². The third-order valence-electron chi connectivity index (χ3n) is 2.06. The van der Waals surface area contributed by atoms with Gasteiger partial charge in [-0.05, 0) is 18.2 Å². The molecule has 0 amide bonds. The lowest BCUT2D eigenvalue weighted by Gasteiger charge is -1.90. The maximum absolute atomic E-state index is 10.3. The monoisotopic (exact) mass is 249 g/mol. The maximum Gasteiger partial charge on any atom is 0.328 e. The minimum atomic E-state index is -0.942. The zero-order chi connectivity index (χ0) is 12.3. The van der Waals surface area contributed by atoms with Crippen LogP contribution in [0.5, 0.6) is 0 Å². The molecular formula is C11H11N3O2S. The van der Waals surface area contributed by atoms with E-state index in [1.54, 1.807) is 12.1 Å². The molecule has 1 heterocycles. The van der Waals surface area contributed by atoms with Crippen LogP contribution in [0.2, 0.25) is 0 Å². The SMILES string of the molecule is Nc1ccc2nc(SC/C=C/C(=O)O)[nH]c2c1. The highest BCUT2D eigenvalue weighted by Gasteiger charge is 2.02. The van der Waals surface area contributed by atoms with Crippen LogP contribution in [-0.2, 0) is 4.79 Å². The van der Waals surface area contributed by atoms with Crippen LogP contribution >= 0.6 is 11.8 Å². The number of hydrogen-bond donors (Lipinski definition) is 3. The van der Waals surface area contributed by atoms with Crippen molar-refractivity contribution in [3.63, 3.8) is 0 Å². The zero-order valence-electron chi connectivity index (χ0n) is 8.88. The van der Waals surface area contributed by atoms with Crippen LogP contribution in [0, 0.1) is 0 Å². The van der Waals surface area contributed by atoms with Gasteiger partial charge in [-0.1, -0.05) is 17.8 Å². The van der Waals surface area contributed by atoms with Crippen molar-refractivity contribution in [2.75, 3.05) is 11.5 Å². The number of imidazole rings is 1. The summed E-state index contributed by atoms with van der Waals surface area (Å²) in [5.74, 6) is -0.385. The van der Waals surface area contributed by atoms with E-state index in [9.17, 15) is 4.79 Å². The van der Waals surface area contributed by atoms with E-state index in [0.717, 1.165) is 22.3 Å². The number of thioether (sulfide) groups is 1. The fourth-order valence-electron chi connectivity index (χ4n) is 1.35. The Bertz CT molecular complexity index is 577. The van der Waals surface area contributed by atoms with Crippen LogP contribution in [0.3, 0.4) is 0 Å². The molecule has 0 aliphatic rings. The van der Waals surface area contributed by atoms with Crippen molar-refractivity contribution in [3.8, 4) is 0 Å². The minimum Gasteiger partial charge on any atom is -0.478 e. The number of aromatic nitrogens is 2. The molecule has 0 fully saturated rings. The summed E-state index contributed by atoms with van der Waals surface area (Å²) in [6.07, 6.45) is 2.70. The third kappa shape index (κ3) is 3.01. The summed E-state index contributed by atoms with van der Waals surface area (Å²) in [5, 5.41) is 9.17. The molecule has 0 atom stereocenters. The first-order chi connectivity index (χ1) is 8.15. The number of carboxylic acid groups (broad SMARTS) is 1. The Labute approximate surface area is 102 Å². The van der Waals surface area contributed by atoms with Gasteiger partial charge >= 0.3 is 5.97 Å². The molecule has 0 saturated heterocycles. The van der Waals surface area contributed by atoms with Gasteiger partial charge in [0.15, 0.2) is 5.16 Å². The van der Waals surface area contributed by atoms with Crippen LogP contribution in [0.1, 0.15) is 0 Å². The van der Waals surface area contributed by atoms with Crippen LogP contribution in [0.15, 0.2) is 35.5 Å². The Hall–Kier alpha value is -1.95. The molecule has 6 heteroatoms. The summed E-state index contributed by atoms with van der Waals surface area (Å²) in [5.41, 5.74) is 8.08. The number of nitrogens with two attached hydrogens (primary N) is 1. The number of aromatic amines is 1. The average Bonchev–Trinajstić information content (AvgIpc) is 2.66. The largest absolute Gasteiger partial charge is 0.478 e. The van der Waals surface area contributed by atoms with E-state index in [1.165, 1.54) is 11.8 Å². The summed E-state index contributed by atoms with van der Waals surface area (Å²) < 4.78 is 0. The Morgan fingerprint density at radius 2 is 2.41 bits per heavy atom. The van der Waals surface area contributed by atoms with E-state index in [-0.39, 0.29) is 0 Å². The van der Waals surface area contributed by atoms with Crippen molar-refractivity contribution in [3.05, 3.63) is 30.4 Å². The third-order valence-corrected chi connectivity index (χ3v) is 2.89. The van der Waals surface area contributed by atoms with Crippen molar-refractivity contribution in [1.82, 2.24) is 9.97 Å². The molecule has 0 saturated carbocycles. The van der Waals surface area contributed by atoms with Gasteiger partial charge in [0, 0.05) is 17.5 Å². The van der Waals surface area contributed by atoms with Crippen LogP contribution < -0.4 is 5.73 Å². The molecule has 88 valence electrons. The van der Waals surface area contributed by atoms with E-state index >= 15 is 0 Å². The normalized spacial score (nSPS) is 11.3. The Morgan fingerprint density at radius 1 is 1.59 bits per heavy atom. The topological polar surface area (TPSA) is 92.0 Å². The molecule has 5 nitrogen and oxygen atoms in total. The summed E-state index contributed by atoms with van der Waals surface area (Å²) in [4.78, 5) is 17.7. The van der Waals surface area contributed by atoms with Crippen molar-refractivity contribution in [2.45, 2.75) is 5.16 Å². The second-order valence-corrected chi connectivity index (χ2v) is 4.38. The molecule has 0 bridgehead atoms. The van der Waals surface area contributed by atoms with Gasteiger partial charge < -0.3 is 15.8 Å².